The van der Waals surface area contributed by atoms with Crippen molar-refractivity contribution < 1.29 is 27.6 Å². The first-order valence-electron chi connectivity index (χ1n) is 12.1. The van der Waals surface area contributed by atoms with Gasteiger partial charge in [0, 0.05) is 18.2 Å². The first-order valence-corrected chi connectivity index (χ1v) is 13.5. The number of aryl methyl sites for hydroxylation is 2. The largest absolute Gasteiger partial charge is 0.497 e. The van der Waals surface area contributed by atoms with Crippen LogP contribution in [0.15, 0.2) is 71.6 Å². The van der Waals surface area contributed by atoms with Crippen molar-refractivity contribution in [3.63, 3.8) is 0 Å². The molecular weight excluding hydrogens is 510 g/mol. The molecule has 0 fully saturated rings. The minimum Gasteiger partial charge on any atom is -0.497 e. The number of hydrogen-bond donors (Lipinski definition) is 1. The number of benzene rings is 3. The van der Waals surface area contributed by atoms with Crippen molar-refractivity contribution in [3.05, 3.63) is 88.0 Å². The molecule has 11 heteroatoms. The van der Waals surface area contributed by atoms with Crippen LogP contribution in [0.1, 0.15) is 24.5 Å². The van der Waals surface area contributed by atoms with Gasteiger partial charge in [0.05, 0.1) is 29.2 Å². The van der Waals surface area contributed by atoms with Crippen LogP contribution in [0.3, 0.4) is 0 Å². The number of anilines is 1. The Hall–Kier alpha value is -4.12. The molecule has 0 atom stereocenters. The maximum atomic E-state index is 13.6. The van der Waals surface area contributed by atoms with Gasteiger partial charge in [0.15, 0.2) is 0 Å². The van der Waals surface area contributed by atoms with Gasteiger partial charge in [-0.3, -0.25) is 19.2 Å². The second kappa shape index (κ2) is 12.9. The van der Waals surface area contributed by atoms with Crippen molar-refractivity contribution in [2.24, 2.45) is 0 Å². The Morgan fingerprint density at radius 3 is 2.45 bits per heavy atom. The lowest BCUT2D eigenvalue weighted by Crippen LogP contribution is -2.41. The summed E-state index contributed by atoms with van der Waals surface area (Å²) in [5, 5.41) is 14.2. The van der Waals surface area contributed by atoms with E-state index in [1.807, 2.05) is 31.2 Å². The van der Waals surface area contributed by atoms with E-state index in [1.165, 1.54) is 38.3 Å². The molecule has 0 radical (unpaired) electrons. The molecule has 1 N–H and O–H groups in total. The van der Waals surface area contributed by atoms with Crippen LogP contribution in [0.4, 0.5) is 11.4 Å². The number of rotatable bonds is 13. The zero-order valence-corrected chi connectivity index (χ0v) is 22.4. The van der Waals surface area contributed by atoms with Gasteiger partial charge in [-0.2, -0.15) is 0 Å². The summed E-state index contributed by atoms with van der Waals surface area (Å²) in [7, 11) is -2.84. The lowest BCUT2D eigenvalue weighted by Gasteiger charge is -2.24. The van der Waals surface area contributed by atoms with E-state index < -0.39 is 27.4 Å². The fourth-order valence-electron chi connectivity index (χ4n) is 3.84. The highest BCUT2D eigenvalue weighted by molar-refractivity contribution is 7.92. The summed E-state index contributed by atoms with van der Waals surface area (Å²) in [6.07, 6.45) is 1.29. The Morgan fingerprint density at radius 2 is 1.79 bits per heavy atom. The SMILES string of the molecule is CCOc1ccccc1CCCNC(=O)CN(c1ccc(OC)cc1)S(=O)(=O)c1ccc(C)c([N+](=O)[O-])c1. The van der Waals surface area contributed by atoms with Crippen LogP contribution in [0.25, 0.3) is 0 Å². The van der Waals surface area contributed by atoms with E-state index in [9.17, 15) is 23.3 Å². The van der Waals surface area contributed by atoms with Gasteiger partial charge >= 0.3 is 0 Å². The zero-order valence-electron chi connectivity index (χ0n) is 21.5. The van der Waals surface area contributed by atoms with Crippen LogP contribution < -0.4 is 19.1 Å². The van der Waals surface area contributed by atoms with Gasteiger partial charge < -0.3 is 14.8 Å². The molecule has 0 spiro atoms. The van der Waals surface area contributed by atoms with E-state index in [2.05, 4.69) is 5.32 Å². The van der Waals surface area contributed by atoms with Gasteiger partial charge in [-0.15, -0.1) is 0 Å². The van der Waals surface area contributed by atoms with Crippen LogP contribution in [0, 0.1) is 17.0 Å². The van der Waals surface area contributed by atoms with Gasteiger partial charge in [0.2, 0.25) is 5.91 Å². The van der Waals surface area contributed by atoms with Crippen LogP contribution in [0.5, 0.6) is 11.5 Å². The Morgan fingerprint density at radius 1 is 1.08 bits per heavy atom. The number of nitrogens with zero attached hydrogens (tertiary/aromatic N) is 2. The Labute approximate surface area is 222 Å². The summed E-state index contributed by atoms with van der Waals surface area (Å²) in [5.41, 5.74) is 1.24. The van der Waals surface area contributed by atoms with Crippen molar-refractivity contribution in [2.75, 3.05) is 31.1 Å². The molecule has 0 heterocycles. The average Bonchev–Trinajstić information content (AvgIpc) is 2.90. The summed E-state index contributed by atoms with van der Waals surface area (Å²) >= 11 is 0. The van der Waals surface area contributed by atoms with E-state index in [0.29, 0.717) is 37.3 Å². The molecule has 0 saturated heterocycles. The number of amides is 1. The maximum Gasteiger partial charge on any atom is 0.273 e. The Balaban J connectivity index is 1.78. The Bertz CT molecular complexity index is 1380. The minimum absolute atomic E-state index is 0.217. The number of nitro groups is 1. The third kappa shape index (κ3) is 7.00. The fraction of sp³-hybridized carbons (Fsp3) is 0.296. The predicted octanol–water partition coefficient (Wildman–Crippen LogP) is 4.25. The van der Waals surface area contributed by atoms with E-state index >= 15 is 0 Å². The second-order valence-electron chi connectivity index (χ2n) is 8.41. The second-order valence-corrected chi connectivity index (χ2v) is 10.3. The van der Waals surface area contributed by atoms with Crippen molar-refractivity contribution in [2.45, 2.75) is 31.6 Å². The predicted molar refractivity (Wildman–Crippen MR) is 144 cm³/mol. The first-order chi connectivity index (χ1) is 18.2. The highest BCUT2D eigenvalue weighted by Gasteiger charge is 2.29. The van der Waals surface area contributed by atoms with Gasteiger partial charge in [-0.05, 0) is 68.7 Å². The summed E-state index contributed by atoms with van der Waals surface area (Å²) in [6.45, 7) is 3.80. The van der Waals surface area contributed by atoms with Crippen molar-refractivity contribution in [3.8, 4) is 11.5 Å². The molecule has 0 aliphatic carbocycles. The molecule has 3 aromatic rings. The van der Waals surface area contributed by atoms with E-state index in [4.69, 9.17) is 9.47 Å². The number of carbonyl (C=O) groups excluding carboxylic acids is 1. The number of carbonyl (C=O) groups is 1. The Kier molecular flexibility index (Phi) is 9.66. The topological polar surface area (TPSA) is 128 Å². The van der Waals surface area contributed by atoms with Gasteiger partial charge in [0.25, 0.3) is 15.7 Å². The van der Waals surface area contributed by atoms with Crippen LogP contribution in [0.2, 0.25) is 0 Å². The molecule has 0 bridgehead atoms. The van der Waals surface area contributed by atoms with Crippen LogP contribution in [-0.4, -0.2) is 46.1 Å². The van der Waals surface area contributed by atoms with Crippen molar-refractivity contribution in [1.82, 2.24) is 5.32 Å². The molecule has 0 unspecified atom stereocenters. The third-order valence-electron chi connectivity index (χ3n) is 5.83. The average molecular weight is 542 g/mol. The number of nitro benzene ring substituents is 1. The zero-order chi connectivity index (χ0) is 27.7. The smallest absolute Gasteiger partial charge is 0.273 e. The number of para-hydroxylation sites is 1. The quantitative estimate of drug-likeness (QED) is 0.195. The third-order valence-corrected chi connectivity index (χ3v) is 7.60. The monoisotopic (exact) mass is 541 g/mol. The minimum atomic E-state index is -4.32. The van der Waals surface area contributed by atoms with Gasteiger partial charge in [0.1, 0.15) is 18.0 Å². The lowest BCUT2D eigenvalue weighted by atomic mass is 10.1. The number of nitrogens with one attached hydrogen (secondary N) is 1. The molecule has 3 aromatic carbocycles. The molecule has 3 rings (SSSR count). The number of hydrogen-bond acceptors (Lipinski definition) is 7. The van der Waals surface area contributed by atoms with Crippen molar-refractivity contribution in [1.29, 1.82) is 0 Å². The fourth-order valence-corrected chi connectivity index (χ4v) is 5.28. The summed E-state index contributed by atoms with van der Waals surface area (Å²) < 4.78 is 38.9. The summed E-state index contributed by atoms with van der Waals surface area (Å²) in [4.78, 5) is 23.3. The maximum absolute atomic E-state index is 13.6. The number of sulfonamides is 1. The standard InChI is InChI=1S/C27H31N3O7S/c1-4-37-26-10-6-5-8-21(26)9-7-17-28-27(31)19-29(22-12-14-23(36-3)15-13-22)38(34,35)24-16-11-20(2)25(18-24)30(32)33/h5-6,8,10-16,18H,4,7,9,17,19H2,1-3H3,(H,28,31). The van der Waals surface area contributed by atoms with E-state index in [1.54, 1.807) is 12.1 Å². The highest BCUT2D eigenvalue weighted by Crippen LogP contribution is 2.29. The summed E-state index contributed by atoms with van der Waals surface area (Å²) in [5.74, 6) is 0.795. The molecule has 0 aromatic heterocycles. The first kappa shape index (κ1) is 28.5. The molecule has 0 aliphatic heterocycles. The molecule has 202 valence electrons. The van der Waals surface area contributed by atoms with Gasteiger partial charge in [-0.25, -0.2) is 8.42 Å². The summed E-state index contributed by atoms with van der Waals surface area (Å²) in [6, 6.07) is 17.5. The van der Waals surface area contributed by atoms with Crippen LogP contribution in [-0.2, 0) is 21.2 Å². The molecule has 38 heavy (non-hydrogen) atoms. The van der Waals surface area contributed by atoms with E-state index in [0.717, 1.165) is 21.7 Å². The highest BCUT2D eigenvalue weighted by atomic mass is 32.2. The number of methoxy groups -OCH3 is 1. The molecule has 1 amide bonds. The van der Waals surface area contributed by atoms with Gasteiger partial charge in [-0.1, -0.05) is 24.3 Å². The lowest BCUT2D eigenvalue weighted by molar-refractivity contribution is -0.385. The normalized spacial score (nSPS) is 11.0. The van der Waals surface area contributed by atoms with E-state index in [-0.39, 0.29) is 16.3 Å². The molecule has 0 aliphatic rings. The number of ether oxygens (including phenoxy) is 2. The van der Waals surface area contributed by atoms with Crippen molar-refractivity contribution >= 4 is 27.3 Å². The van der Waals surface area contributed by atoms with Crippen LogP contribution >= 0.6 is 0 Å². The molecular formula is C27H31N3O7S. The molecule has 0 saturated carbocycles. The molecule has 10 nitrogen and oxygen atoms in total.